The molecule has 2 rings (SSSR count). The van der Waals surface area contributed by atoms with Crippen LogP contribution in [-0.4, -0.2) is 48.6 Å². The van der Waals surface area contributed by atoms with Gasteiger partial charge in [-0.1, -0.05) is 0 Å². The summed E-state index contributed by atoms with van der Waals surface area (Å²) in [5.74, 6) is 0.879. The lowest BCUT2D eigenvalue weighted by Crippen LogP contribution is -2.34. The van der Waals surface area contributed by atoms with Gasteiger partial charge in [-0.3, -0.25) is 0 Å². The van der Waals surface area contributed by atoms with Crippen molar-refractivity contribution >= 4 is 9.84 Å². The number of ether oxygens (including phenoxy) is 3. The maximum Gasteiger partial charge on any atom is 0.176 e. The van der Waals surface area contributed by atoms with Crippen molar-refractivity contribution in [1.82, 2.24) is 5.32 Å². The summed E-state index contributed by atoms with van der Waals surface area (Å²) >= 11 is 0. The van der Waals surface area contributed by atoms with Crippen LogP contribution in [0.1, 0.15) is 11.7 Å². The Balaban J connectivity index is 2.57. The molecule has 1 N–H and O–H groups in total. The molecule has 0 aliphatic carbocycles. The third kappa shape index (κ3) is 3.05. The van der Waals surface area contributed by atoms with Crippen molar-refractivity contribution in [2.75, 3.05) is 40.2 Å². The first-order valence-electron chi connectivity index (χ1n) is 6.25. The average molecular weight is 301 g/mol. The van der Waals surface area contributed by atoms with Crippen LogP contribution in [0.25, 0.3) is 0 Å². The SMILES string of the molecule is COc1cc(C2CNCCO2)c(S(C)(=O)=O)cc1OC. The second-order valence-electron chi connectivity index (χ2n) is 4.58. The van der Waals surface area contributed by atoms with Gasteiger partial charge in [0, 0.05) is 31.0 Å². The van der Waals surface area contributed by atoms with Crippen LogP contribution >= 0.6 is 0 Å². The Bertz CT molecular complexity index is 579. The standard InChI is InChI=1S/C13H19NO5S/c1-17-10-6-9(12-8-14-4-5-19-12)13(20(3,15)16)7-11(10)18-2/h6-7,12,14H,4-5,8H2,1-3H3. The van der Waals surface area contributed by atoms with Gasteiger partial charge in [0.2, 0.25) is 0 Å². The van der Waals surface area contributed by atoms with Gasteiger partial charge in [-0.2, -0.15) is 0 Å². The summed E-state index contributed by atoms with van der Waals surface area (Å²) < 4.78 is 40.0. The Kier molecular flexibility index (Phi) is 4.52. The highest BCUT2D eigenvalue weighted by molar-refractivity contribution is 7.90. The van der Waals surface area contributed by atoms with Gasteiger partial charge >= 0.3 is 0 Å². The maximum absolute atomic E-state index is 12.0. The molecule has 1 aliphatic heterocycles. The number of morpholine rings is 1. The van der Waals surface area contributed by atoms with Gasteiger partial charge in [0.25, 0.3) is 0 Å². The lowest BCUT2D eigenvalue weighted by atomic mass is 10.1. The molecule has 0 amide bonds. The first kappa shape index (κ1) is 15.1. The second kappa shape index (κ2) is 5.99. The molecule has 1 atom stereocenters. The minimum absolute atomic E-state index is 0.212. The lowest BCUT2D eigenvalue weighted by Gasteiger charge is -2.26. The van der Waals surface area contributed by atoms with E-state index in [2.05, 4.69) is 5.32 Å². The molecule has 1 fully saturated rings. The van der Waals surface area contributed by atoms with E-state index >= 15 is 0 Å². The van der Waals surface area contributed by atoms with E-state index < -0.39 is 9.84 Å². The van der Waals surface area contributed by atoms with Crippen molar-refractivity contribution in [3.05, 3.63) is 17.7 Å². The Morgan fingerprint density at radius 2 is 1.90 bits per heavy atom. The number of hydrogen-bond donors (Lipinski definition) is 1. The van der Waals surface area contributed by atoms with E-state index in [1.165, 1.54) is 26.5 Å². The third-order valence-electron chi connectivity index (χ3n) is 3.19. The van der Waals surface area contributed by atoms with E-state index in [-0.39, 0.29) is 11.0 Å². The van der Waals surface area contributed by atoms with E-state index in [1.54, 1.807) is 6.07 Å². The van der Waals surface area contributed by atoms with Gasteiger partial charge in [-0.15, -0.1) is 0 Å². The topological polar surface area (TPSA) is 73.9 Å². The van der Waals surface area contributed by atoms with E-state index in [9.17, 15) is 8.42 Å². The zero-order valence-electron chi connectivity index (χ0n) is 11.8. The molecule has 112 valence electrons. The monoisotopic (exact) mass is 301 g/mol. The number of benzene rings is 1. The van der Waals surface area contributed by atoms with Crippen LogP contribution in [0.3, 0.4) is 0 Å². The summed E-state index contributed by atoms with van der Waals surface area (Å²) in [7, 11) is -0.394. The second-order valence-corrected chi connectivity index (χ2v) is 6.56. The van der Waals surface area contributed by atoms with E-state index in [4.69, 9.17) is 14.2 Å². The number of nitrogens with one attached hydrogen (secondary N) is 1. The summed E-state index contributed by atoms with van der Waals surface area (Å²) in [5, 5.41) is 3.19. The Hall–Kier alpha value is -1.31. The molecule has 0 bridgehead atoms. The molecule has 1 unspecified atom stereocenters. The van der Waals surface area contributed by atoms with Crippen molar-refractivity contribution in [3.8, 4) is 11.5 Å². The van der Waals surface area contributed by atoms with E-state index in [1.807, 2.05) is 0 Å². The normalized spacial score (nSPS) is 19.6. The van der Waals surface area contributed by atoms with Gasteiger partial charge < -0.3 is 19.5 Å². The fourth-order valence-electron chi connectivity index (χ4n) is 2.21. The molecule has 6 nitrogen and oxygen atoms in total. The molecule has 0 spiro atoms. The highest BCUT2D eigenvalue weighted by Gasteiger charge is 2.26. The highest BCUT2D eigenvalue weighted by atomic mass is 32.2. The fraction of sp³-hybridized carbons (Fsp3) is 0.538. The highest BCUT2D eigenvalue weighted by Crippen LogP contribution is 2.36. The van der Waals surface area contributed by atoms with E-state index in [0.29, 0.717) is 30.2 Å². The molecule has 0 saturated carbocycles. The Labute approximate surface area is 118 Å². The molecule has 1 saturated heterocycles. The van der Waals surface area contributed by atoms with Crippen molar-refractivity contribution in [2.24, 2.45) is 0 Å². The minimum atomic E-state index is -3.38. The summed E-state index contributed by atoms with van der Waals surface area (Å²) in [5.41, 5.74) is 0.595. The molecule has 1 aromatic carbocycles. The summed E-state index contributed by atoms with van der Waals surface area (Å²) in [6, 6.07) is 3.16. The van der Waals surface area contributed by atoms with Gasteiger partial charge in [0.15, 0.2) is 21.3 Å². The predicted molar refractivity (Wildman–Crippen MR) is 74.2 cm³/mol. The van der Waals surface area contributed by atoms with Crippen LogP contribution < -0.4 is 14.8 Å². The smallest absolute Gasteiger partial charge is 0.176 e. The molecule has 1 aromatic rings. The van der Waals surface area contributed by atoms with Crippen molar-refractivity contribution in [3.63, 3.8) is 0 Å². The van der Waals surface area contributed by atoms with Crippen LogP contribution in [0.2, 0.25) is 0 Å². The van der Waals surface area contributed by atoms with Crippen LogP contribution in [0, 0.1) is 0 Å². The van der Waals surface area contributed by atoms with Crippen LogP contribution in [0.4, 0.5) is 0 Å². The van der Waals surface area contributed by atoms with Gasteiger partial charge in [0.1, 0.15) is 0 Å². The lowest BCUT2D eigenvalue weighted by molar-refractivity contribution is 0.0258. The zero-order chi connectivity index (χ0) is 14.8. The van der Waals surface area contributed by atoms with Crippen LogP contribution in [0.5, 0.6) is 11.5 Å². The molecule has 1 aliphatic rings. The molecular formula is C13H19NO5S. The van der Waals surface area contributed by atoms with Crippen molar-refractivity contribution < 1.29 is 22.6 Å². The molecule has 20 heavy (non-hydrogen) atoms. The molecule has 0 aromatic heterocycles. The summed E-state index contributed by atoms with van der Waals surface area (Å²) in [6.45, 7) is 1.87. The fourth-order valence-corrected chi connectivity index (χ4v) is 3.15. The summed E-state index contributed by atoms with van der Waals surface area (Å²) in [4.78, 5) is 0.212. The van der Waals surface area contributed by atoms with Gasteiger partial charge in [-0.05, 0) is 6.07 Å². The molecule has 7 heteroatoms. The zero-order valence-corrected chi connectivity index (χ0v) is 12.6. The molecule has 1 heterocycles. The number of methoxy groups -OCH3 is 2. The largest absolute Gasteiger partial charge is 0.493 e. The average Bonchev–Trinajstić information content (AvgIpc) is 2.45. The van der Waals surface area contributed by atoms with Gasteiger partial charge in [0.05, 0.1) is 31.8 Å². The predicted octanol–water partition coefficient (Wildman–Crippen LogP) is 0.768. The third-order valence-corrected chi connectivity index (χ3v) is 4.34. The quantitative estimate of drug-likeness (QED) is 0.885. The minimum Gasteiger partial charge on any atom is -0.493 e. The van der Waals surface area contributed by atoms with Crippen LogP contribution in [-0.2, 0) is 14.6 Å². The van der Waals surface area contributed by atoms with Crippen molar-refractivity contribution in [2.45, 2.75) is 11.0 Å². The maximum atomic E-state index is 12.0. The number of hydrogen-bond acceptors (Lipinski definition) is 6. The Morgan fingerprint density at radius 1 is 1.25 bits per heavy atom. The van der Waals surface area contributed by atoms with Crippen molar-refractivity contribution in [1.29, 1.82) is 0 Å². The molecular weight excluding hydrogens is 282 g/mol. The first-order valence-corrected chi connectivity index (χ1v) is 8.14. The van der Waals surface area contributed by atoms with E-state index in [0.717, 1.165) is 6.54 Å². The van der Waals surface area contributed by atoms with Gasteiger partial charge in [-0.25, -0.2) is 8.42 Å². The number of rotatable bonds is 4. The summed E-state index contributed by atoms with van der Waals surface area (Å²) in [6.07, 6.45) is 0.863. The Morgan fingerprint density at radius 3 is 2.40 bits per heavy atom. The first-order chi connectivity index (χ1) is 9.47. The molecule has 0 radical (unpaired) electrons. The van der Waals surface area contributed by atoms with Crippen LogP contribution in [0.15, 0.2) is 17.0 Å². The number of sulfone groups is 1.